The van der Waals surface area contributed by atoms with E-state index < -0.39 is 17.1 Å². The predicted octanol–water partition coefficient (Wildman–Crippen LogP) is 1.90. The van der Waals surface area contributed by atoms with E-state index in [0.29, 0.717) is 11.3 Å². The molecule has 3 rings (SSSR count). The van der Waals surface area contributed by atoms with Crippen molar-refractivity contribution >= 4 is 0 Å². The Morgan fingerprint density at radius 3 is 2.05 bits per heavy atom. The Morgan fingerprint density at radius 1 is 0.857 bits per heavy atom. The highest BCUT2D eigenvalue weighted by Gasteiger charge is 2.16. The molecule has 2 N–H and O–H groups in total. The van der Waals surface area contributed by atoms with Gasteiger partial charge < -0.3 is 5.11 Å². The van der Waals surface area contributed by atoms with Crippen molar-refractivity contribution in [1.82, 2.24) is 9.55 Å². The highest BCUT2D eigenvalue weighted by Crippen LogP contribution is 2.22. The number of nitrogens with one attached hydrogen (secondary N) is 1. The summed E-state index contributed by atoms with van der Waals surface area (Å²) < 4.78 is 1.00. The Kier molecular flexibility index (Phi) is 3.16. The van der Waals surface area contributed by atoms with Gasteiger partial charge in [-0.05, 0) is 17.7 Å². The molecular weight excluding hydrogens is 268 g/mol. The van der Waals surface area contributed by atoms with Gasteiger partial charge in [0, 0.05) is 0 Å². The first kappa shape index (κ1) is 12.9. The van der Waals surface area contributed by atoms with Gasteiger partial charge in [-0.2, -0.15) is 0 Å². The van der Waals surface area contributed by atoms with Crippen LogP contribution in [0, 0.1) is 0 Å². The van der Waals surface area contributed by atoms with E-state index in [9.17, 15) is 14.7 Å². The average Bonchev–Trinajstić information content (AvgIpc) is 2.49. The number of hydrogen-bond acceptors (Lipinski definition) is 3. The van der Waals surface area contributed by atoms with Crippen molar-refractivity contribution in [3.63, 3.8) is 0 Å². The third-order valence-electron chi connectivity index (χ3n) is 3.16. The van der Waals surface area contributed by atoms with Gasteiger partial charge in [0.25, 0.3) is 5.56 Å². The van der Waals surface area contributed by atoms with Crippen LogP contribution in [0.4, 0.5) is 0 Å². The zero-order valence-electron chi connectivity index (χ0n) is 11.0. The summed E-state index contributed by atoms with van der Waals surface area (Å²) in [7, 11) is 0. The molecule has 0 aliphatic rings. The first-order valence-corrected chi connectivity index (χ1v) is 6.37. The molecule has 5 heteroatoms. The monoisotopic (exact) mass is 280 g/mol. The Balaban J connectivity index is 2.35. The van der Waals surface area contributed by atoms with E-state index in [1.807, 2.05) is 6.07 Å². The van der Waals surface area contributed by atoms with Crippen LogP contribution in [0.25, 0.3) is 16.8 Å². The molecule has 0 atom stereocenters. The minimum atomic E-state index is -0.677. The number of benzene rings is 2. The summed E-state index contributed by atoms with van der Waals surface area (Å²) in [5.74, 6) is -0.427. The molecule has 104 valence electrons. The van der Waals surface area contributed by atoms with Crippen LogP contribution < -0.4 is 11.2 Å². The van der Waals surface area contributed by atoms with Crippen LogP contribution in [-0.2, 0) is 0 Å². The second-order valence-electron chi connectivity index (χ2n) is 4.50. The van der Waals surface area contributed by atoms with E-state index >= 15 is 0 Å². The second kappa shape index (κ2) is 5.13. The van der Waals surface area contributed by atoms with Gasteiger partial charge in [0.05, 0.1) is 5.69 Å². The number of para-hydroxylation sites is 1. The van der Waals surface area contributed by atoms with E-state index in [1.54, 1.807) is 54.6 Å². The molecule has 0 fully saturated rings. The molecule has 5 nitrogen and oxygen atoms in total. The molecule has 21 heavy (non-hydrogen) atoms. The fourth-order valence-corrected chi connectivity index (χ4v) is 2.20. The van der Waals surface area contributed by atoms with Crippen molar-refractivity contribution in [1.29, 1.82) is 0 Å². The maximum absolute atomic E-state index is 12.6. The molecule has 0 radical (unpaired) electrons. The number of H-pyrrole nitrogens is 1. The van der Waals surface area contributed by atoms with Crippen LogP contribution in [0.2, 0.25) is 0 Å². The highest BCUT2D eigenvalue weighted by atomic mass is 16.3. The van der Waals surface area contributed by atoms with E-state index in [-0.39, 0.29) is 5.56 Å². The summed E-state index contributed by atoms with van der Waals surface area (Å²) in [6, 6.07) is 17.3. The number of aromatic amines is 1. The maximum Gasteiger partial charge on any atom is 0.335 e. The van der Waals surface area contributed by atoms with E-state index in [0.717, 1.165) is 4.57 Å². The van der Waals surface area contributed by atoms with Crippen LogP contribution in [0.5, 0.6) is 5.88 Å². The molecule has 0 saturated carbocycles. The zero-order valence-corrected chi connectivity index (χ0v) is 11.0. The fraction of sp³-hybridized carbons (Fsp3) is 0. The molecule has 0 unspecified atom stereocenters. The van der Waals surface area contributed by atoms with Crippen LogP contribution in [-0.4, -0.2) is 14.7 Å². The zero-order chi connectivity index (χ0) is 14.8. The highest BCUT2D eigenvalue weighted by molar-refractivity contribution is 5.67. The summed E-state index contributed by atoms with van der Waals surface area (Å²) in [6.07, 6.45) is 0. The van der Waals surface area contributed by atoms with Gasteiger partial charge in [-0.15, -0.1) is 0 Å². The van der Waals surface area contributed by atoms with Crippen molar-refractivity contribution in [2.75, 3.05) is 0 Å². The van der Waals surface area contributed by atoms with Gasteiger partial charge in [0.2, 0.25) is 5.88 Å². The molecule has 0 aliphatic heterocycles. The standard InChI is InChI=1S/C16H12N2O3/c19-14-13(11-7-3-1-4-8-11)15(20)18(16(21)17-14)12-9-5-2-6-10-12/h1-10,19H,(H,17,21). The van der Waals surface area contributed by atoms with E-state index in [1.165, 1.54) is 0 Å². The smallest absolute Gasteiger partial charge is 0.335 e. The van der Waals surface area contributed by atoms with Crippen LogP contribution >= 0.6 is 0 Å². The van der Waals surface area contributed by atoms with Crippen molar-refractivity contribution < 1.29 is 5.11 Å². The van der Waals surface area contributed by atoms with Gasteiger partial charge in [-0.3, -0.25) is 9.78 Å². The number of nitrogens with zero attached hydrogens (tertiary/aromatic N) is 1. The quantitative estimate of drug-likeness (QED) is 0.752. The van der Waals surface area contributed by atoms with Crippen molar-refractivity contribution in [3.05, 3.63) is 81.5 Å². The van der Waals surface area contributed by atoms with Crippen LogP contribution in [0.1, 0.15) is 0 Å². The minimum absolute atomic E-state index is 0.0686. The average molecular weight is 280 g/mol. The lowest BCUT2D eigenvalue weighted by Gasteiger charge is -2.09. The molecule has 1 heterocycles. The van der Waals surface area contributed by atoms with Crippen LogP contribution in [0.3, 0.4) is 0 Å². The molecule has 0 spiro atoms. The third kappa shape index (κ3) is 2.25. The first-order valence-electron chi connectivity index (χ1n) is 6.37. The van der Waals surface area contributed by atoms with Gasteiger partial charge in [0.15, 0.2) is 0 Å². The molecule has 2 aromatic carbocycles. The minimum Gasteiger partial charge on any atom is -0.494 e. The van der Waals surface area contributed by atoms with Crippen molar-refractivity contribution in [2.24, 2.45) is 0 Å². The largest absolute Gasteiger partial charge is 0.494 e. The third-order valence-corrected chi connectivity index (χ3v) is 3.16. The first-order chi connectivity index (χ1) is 10.2. The summed E-state index contributed by atoms with van der Waals surface area (Å²) in [5.41, 5.74) is -0.182. The molecule has 0 amide bonds. The lowest BCUT2D eigenvalue weighted by molar-refractivity contribution is 0.449. The fourth-order valence-electron chi connectivity index (χ4n) is 2.20. The lowest BCUT2D eigenvalue weighted by Crippen LogP contribution is -2.34. The van der Waals surface area contributed by atoms with Crippen molar-refractivity contribution in [3.8, 4) is 22.7 Å². The summed E-state index contributed by atoms with van der Waals surface area (Å²) in [4.78, 5) is 26.9. The Labute approximate surface area is 119 Å². The molecule has 0 saturated heterocycles. The summed E-state index contributed by atoms with van der Waals surface area (Å²) >= 11 is 0. The van der Waals surface area contributed by atoms with Gasteiger partial charge in [0.1, 0.15) is 5.56 Å². The van der Waals surface area contributed by atoms with E-state index in [4.69, 9.17) is 0 Å². The Hall–Kier alpha value is -3.08. The second-order valence-corrected chi connectivity index (χ2v) is 4.50. The van der Waals surface area contributed by atoms with Crippen LogP contribution in [0.15, 0.2) is 70.3 Å². The van der Waals surface area contributed by atoms with Gasteiger partial charge in [-0.25, -0.2) is 9.36 Å². The molecule has 0 aliphatic carbocycles. The summed E-state index contributed by atoms with van der Waals surface area (Å²) in [6.45, 7) is 0. The molecule has 0 bridgehead atoms. The Morgan fingerprint density at radius 2 is 1.43 bits per heavy atom. The molecule has 3 aromatic rings. The summed E-state index contributed by atoms with van der Waals surface area (Å²) in [5, 5.41) is 9.93. The van der Waals surface area contributed by atoms with Gasteiger partial charge >= 0.3 is 5.69 Å². The van der Waals surface area contributed by atoms with E-state index in [2.05, 4.69) is 4.98 Å². The number of hydrogen-bond donors (Lipinski definition) is 2. The SMILES string of the molecule is O=c1[nH]c(O)c(-c2ccccc2)c(=O)n1-c1ccccc1. The number of rotatable bonds is 2. The maximum atomic E-state index is 12.6. The Bertz CT molecular complexity index is 881. The van der Waals surface area contributed by atoms with Gasteiger partial charge in [-0.1, -0.05) is 48.5 Å². The van der Waals surface area contributed by atoms with Crippen molar-refractivity contribution in [2.45, 2.75) is 0 Å². The number of aromatic hydroxyl groups is 1. The molecule has 1 aromatic heterocycles. The number of aromatic nitrogens is 2. The predicted molar refractivity (Wildman–Crippen MR) is 79.8 cm³/mol. The topological polar surface area (TPSA) is 75.1 Å². The normalized spacial score (nSPS) is 10.5. The molecular formula is C16H12N2O3. The lowest BCUT2D eigenvalue weighted by atomic mass is 10.1.